The fourth-order valence-corrected chi connectivity index (χ4v) is 5.01. The molecule has 2 unspecified atom stereocenters. The fourth-order valence-electron chi connectivity index (χ4n) is 5.01. The fraction of sp³-hybridized carbons (Fsp3) is 0.333. The van der Waals surface area contributed by atoms with E-state index in [4.69, 9.17) is 9.47 Å². The molecule has 2 atom stereocenters. The van der Waals surface area contributed by atoms with Gasteiger partial charge >= 0.3 is 6.03 Å². The number of carbonyl (C=O) groups is 2. The van der Waals surface area contributed by atoms with Crippen LogP contribution >= 0.6 is 0 Å². The first kappa shape index (κ1) is 22.8. The molecule has 3 heterocycles. The van der Waals surface area contributed by atoms with E-state index in [0.717, 1.165) is 22.5 Å². The van der Waals surface area contributed by atoms with E-state index in [0.29, 0.717) is 31.1 Å². The Labute approximate surface area is 205 Å². The van der Waals surface area contributed by atoms with Crippen molar-refractivity contribution >= 4 is 17.6 Å². The maximum absolute atomic E-state index is 13.6. The zero-order valence-electron chi connectivity index (χ0n) is 20.2. The zero-order valence-corrected chi connectivity index (χ0v) is 20.2. The minimum Gasteiger partial charge on any atom is -0.493 e. The molecule has 35 heavy (non-hydrogen) atoms. The summed E-state index contributed by atoms with van der Waals surface area (Å²) in [7, 11) is 3.21. The lowest BCUT2D eigenvalue weighted by molar-refractivity contribution is -0.117. The second-order valence-corrected chi connectivity index (χ2v) is 9.03. The Morgan fingerprint density at radius 2 is 1.77 bits per heavy atom. The summed E-state index contributed by atoms with van der Waals surface area (Å²) in [6.07, 6.45) is 2.32. The van der Waals surface area contributed by atoms with Gasteiger partial charge in [0.05, 0.1) is 26.3 Å². The summed E-state index contributed by atoms with van der Waals surface area (Å²) >= 11 is 0. The number of hydrogen-bond donors (Lipinski definition) is 1. The number of rotatable bonds is 5. The first-order valence-electron chi connectivity index (χ1n) is 11.8. The van der Waals surface area contributed by atoms with Gasteiger partial charge in [0, 0.05) is 43.6 Å². The maximum Gasteiger partial charge on any atom is 0.318 e. The number of carbonyl (C=O) groups excluding carboxylic acids is 2. The molecule has 1 fully saturated rings. The molecule has 1 N–H and O–H groups in total. The summed E-state index contributed by atoms with van der Waals surface area (Å²) in [5, 5.41) is 3.12. The van der Waals surface area contributed by atoms with Crippen LogP contribution in [-0.4, -0.2) is 54.8 Å². The van der Waals surface area contributed by atoms with E-state index in [-0.39, 0.29) is 30.4 Å². The van der Waals surface area contributed by atoms with Gasteiger partial charge in [-0.3, -0.25) is 4.79 Å². The number of ether oxygens (including phenoxy) is 2. The largest absolute Gasteiger partial charge is 0.493 e. The lowest BCUT2D eigenvalue weighted by Gasteiger charge is -2.38. The highest BCUT2D eigenvalue weighted by Crippen LogP contribution is 2.37. The van der Waals surface area contributed by atoms with Crippen molar-refractivity contribution in [3.8, 4) is 11.5 Å². The van der Waals surface area contributed by atoms with Gasteiger partial charge in [0.25, 0.3) is 0 Å². The molecule has 2 aromatic carbocycles. The predicted molar refractivity (Wildman–Crippen MR) is 133 cm³/mol. The Morgan fingerprint density at radius 3 is 2.51 bits per heavy atom. The minimum atomic E-state index is -0.288. The molecule has 5 rings (SSSR count). The standard InChI is InChI=1S/C27H30N4O4/c1-18-6-9-21(10-7-18)31-17-20(16-25(31)32)28-27(33)30-14-13-29-12-4-5-22(29)26(30)19-8-11-23(34-2)24(15-19)35-3/h4-12,15,20,26H,13-14,16-17H2,1-3H3,(H,28,33). The number of urea groups is 1. The molecule has 2 aliphatic heterocycles. The molecule has 2 aliphatic rings. The Morgan fingerprint density at radius 1 is 1.00 bits per heavy atom. The van der Waals surface area contributed by atoms with Crippen LogP contribution in [0.4, 0.5) is 10.5 Å². The Balaban J connectivity index is 1.38. The van der Waals surface area contributed by atoms with Crippen molar-refractivity contribution in [2.75, 3.05) is 32.2 Å². The molecule has 0 radical (unpaired) electrons. The van der Waals surface area contributed by atoms with E-state index >= 15 is 0 Å². The van der Waals surface area contributed by atoms with Crippen molar-refractivity contribution in [2.45, 2.75) is 32.0 Å². The van der Waals surface area contributed by atoms with Crippen LogP contribution in [-0.2, 0) is 11.3 Å². The number of anilines is 1. The van der Waals surface area contributed by atoms with Gasteiger partial charge in [0.1, 0.15) is 0 Å². The van der Waals surface area contributed by atoms with Crippen LogP contribution in [0.2, 0.25) is 0 Å². The number of hydrogen-bond acceptors (Lipinski definition) is 4. The predicted octanol–water partition coefficient (Wildman–Crippen LogP) is 3.73. The van der Waals surface area contributed by atoms with Crippen LogP contribution in [0, 0.1) is 6.92 Å². The molecule has 1 aromatic heterocycles. The highest BCUT2D eigenvalue weighted by atomic mass is 16.5. The number of nitrogens with zero attached hydrogens (tertiary/aromatic N) is 3. The third kappa shape index (κ3) is 4.32. The lowest BCUT2D eigenvalue weighted by Crippen LogP contribution is -2.50. The van der Waals surface area contributed by atoms with Crippen molar-refractivity contribution in [3.63, 3.8) is 0 Å². The second-order valence-electron chi connectivity index (χ2n) is 9.03. The van der Waals surface area contributed by atoms with Crippen LogP contribution in [0.25, 0.3) is 0 Å². The number of nitrogens with one attached hydrogen (secondary N) is 1. The summed E-state index contributed by atoms with van der Waals surface area (Å²) in [6, 6.07) is 16.9. The molecule has 8 heteroatoms. The van der Waals surface area contributed by atoms with E-state index < -0.39 is 0 Å². The van der Waals surface area contributed by atoms with Gasteiger partial charge < -0.3 is 29.2 Å². The molecular formula is C27H30N4O4. The van der Waals surface area contributed by atoms with Gasteiger partial charge in [-0.15, -0.1) is 0 Å². The number of methoxy groups -OCH3 is 2. The first-order chi connectivity index (χ1) is 17.0. The smallest absolute Gasteiger partial charge is 0.318 e. The maximum atomic E-state index is 13.6. The lowest BCUT2D eigenvalue weighted by atomic mass is 9.99. The van der Waals surface area contributed by atoms with Gasteiger partial charge in [0.2, 0.25) is 5.91 Å². The molecule has 182 valence electrons. The van der Waals surface area contributed by atoms with Crippen LogP contribution in [0.15, 0.2) is 60.8 Å². The molecule has 8 nitrogen and oxygen atoms in total. The average Bonchev–Trinajstić information content (AvgIpc) is 3.49. The quantitative estimate of drug-likeness (QED) is 0.611. The third-order valence-corrected chi connectivity index (χ3v) is 6.82. The number of aryl methyl sites for hydroxylation is 1. The topological polar surface area (TPSA) is 76.0 Å². The summed E-state index contributed by atoms with van der Waals surface area (Å²) < 4.78 is 13.1. The van der Waals surface area contributed by atoms with E-state index in [2.05, 4.69) is 9.88 Å². The third-order valence-electron chi connectivity index (χ3n) is 6.82. The number of aromatic nitrogens is 1. The monoisotopic (exact) mass is 474 g/mol. The summed E-state index contributed by atoms with van der Waals surface area (Å²) in [4.78, 5) is 29.9. The van der Waals surface area contributed by atoms with Crippen molar-refractivity contribution in [1.82, 2.24) is 14.8 Å². The minimum absolute atomic E-state index is 0.0168. The SMILES string of the molecule is COc1ccc(C2c3cccn3CCN2C(=O)NC2CC(=O)N(c3ccc(C)cc3)C2)cc1OC. The van der Waals surface area contributed by atoms with Crippen LogP contribution < -0.4 is 19.7 Å². The number of amides is 3. The molecule has 1 saturated heterocycles. The Bertz CT molecular complexity index is 1240. The van der Waals surface area contributed by atoms with E-state index in [9.17, 15) is 9.59 Å². The molecule has 3 aromatic rings. The molecule has 0 aliphatic carbocycles. The highest BCUT2D eigenvalue weighted by molar-refractivity contribution is 5.96. The molecular weight excluding hydrogens is 444 g/mol. The van der Waals surface area contributed by atoms with Crippen molar-refractivity contribution in [1.29, 1.82) is 0 Å². The normalized spacial score (nSPS) is 19.5. The Hall–Kier alpha value is -3.94. The van der Waals surface area contributed by atoms with Gasteiger partial charge in [-0.1, -0.05) is 23.8 Å². The van der Waals surface area contributed by atoms with Crippen LogP contribution in [0.1, 0.15) is 29.3 Å². The van der Waals surface area contributed by atoms with E-state index in [1.165, 1.54) is 0 Å². The van der Waals surface area contributed by atoms with E-state index in [1.54, 1.807) is 19.1 Å². The first-order valence-corrected chi connectivity index (χ1v) is 11.8. The molecule has 0 spiro atoms. The van der Waals surface area contributed by atoms with Gasteiger partial charge in [-0.2, -0.15) is 0 Å². The Kier molecular flexibility index (Phi) is 6.11. The van der Waals surface area contributed by atoms with Gasteiger partial charge in [0.15, 0.2) is 11.5 Å². The average molecular weight is 475 g/mol. The summed E-state index contributed by atoms with van der Waals surface area (Å²) in [5.41, 5.74) is 3.96. The summed E-state index contributed by atoms with van der Waals surface area (Å²) in [5.74, 6) is 1.27. The highest BCUT2D eigenvalue weighted by Gasteiger charge is 2.36. The zero-order chi connectivity index (χ0) is 24.5. The van der Waals surface area contributed by atoms with Gasteiger partial charge in [-0.05, 0) is 48.9 Å². The van der Waals surface area contributed by atoms with Crippen molar-refractivity contribution in [3.05, 3.63) is 77.6 Å². The van der Waals surface area contributed by atoms with Crippen LogP contribution in [0.5, 0.6) is 11.5 Å². The second kappa shape index (κ2) is 9.37. The summed E-state index contributed by atoms with van der Waals surface area (Å²) in [6.45, 7) is 3.73. The number of fused-ring (bicyclic) bond motifs is 1. The van der Waals surface area contributed by atoms with Crippen LogP contribution in [0.3, 0.4) is 0 Å². The number of benzene rings is 2. The van der Waals surface area contributed by atoms with Crippen molar-refractivity contribution < 1.29 is 19.1 Å². The molecule has 0 saturated carbocycles. The van der Waals surface area contributed by atoms with Crippen molar-refractivity contribution in [2.24, 2.45) is 0 Å². The molecule has 0 bridgehead atoms. The molecule has 3 amide bonds. The van der Waals surface area contributed by atoms with E-state index in [1.807, 2.05) is 72.6 Å². The van der Waals surface area contributed by atoms with Gasteiger partial charge in [-0.25, -0.2) is 4.79 Å².